The van der Waals surface area contributed by atoms with Crippen molar-refractivity contribution in [1.82, 2.24) is 0 Å². The van der Waals surface area contributed by atoms with E-state index in [1.807, 2.05) is 0 Å². The third-order valence-electron chi connectivity index (χ3n) is 5.46. The zero-order chi connectivity index (χ0) is 24.4. The van der Waals surface area contributed by atoms with Crippen LogP contribution >= 0.6 is 15.9 Å². The fraction of sp³-hybridized carbons (Fsp3) is 0.115. The number of hydrogen-bond donors (Lipinski definition) is 2. The van der Waals surface area contributed by atoms with Crippen LogP contribution in [0.25, 0.3) is 5.76 Å². The number of carbonyl (C=O) groups excluding carboxylic acids is 3. The van der Waals surface area contributed by atoms with Gasteiger partial charge in [-0.3, -0.25) is 19.3 Å². The maximum absolute atomic E-state index is 13.3. The molecule has 0 aromatic heterocycles. The molecule has 0 saturated carbocycles. The van der Waals surface area contributed by atoms with E-state index in [1.54, 1.807) is 72.8 Å². The van der Waals surface area contributed by atoms with Crippen molar-refractivity contribution in [3.05, 3.63) is 94.0 Å². The molecule has 1 aliphatic heterocycles. The number of para-hydroxylation sites is 1. The van der Waals surface area contributed by atoms with Gasteiger partial charge < -0.3 is 15.2 Å². The molecule has 1 unspecified atom stereocenters. The van der Waals surface area contributed by atoms with Crippen molar-refractivity contribution in [1.29, 1.82) is 0 Å². The molecule has 4 rings (SSSR count). The number of anilines is 2. The average Bonchev–Trinajstić information content (AvgIpc) is 3.09. The number of hydrogen-bond acceptors (Lipinski definition) is 5. The van der Waals surface area contributed by atoms with Crippen molar-refractivity contribution in [3.8, 4) is 5.75 Å². The summed E-state index contributed by atoms with van der Waals surface area (Å²) in [7, 11) is 1.50. The number of methoxy groups -OCH3 is 1. The van der Waals surface area contributed by atoms with Crippen molar-refractivity contribution in [2.24, 2.45) is 0 Å². The van der Waals surface area contributed by atoms with E-state index in [0.29, 0.717) is 28.3 Å². The Morgan fingerprint density at radius 3 is 2.26 bits per heavy atom. The number of nitrogens with one attached hydrogen (secondary N) is 1. The van der Waals surface area contributed by atoms with Crippen LogP contribution in [-0.4, -0.2) is 29.8 Å². The van der Waals surface area contributed by atoms with Gasteiger partial charge in [-0.15, -0.1) is 0 Å². The van der Waals surface area contributed by atoms with Gasteiger partial charge in [0.25, 0.3) is 11.7 Å². The molecule has 0 spiro atoms. The van der Waals surface area contributed by atoms with E-state index < -0.39 is 17.7 Å². The number of aliphatic hydroxyl groups excluding tert-OH is 1. The lowest BCUT2D eigenvalue weighted by Crippen LogP contribution is -2.29. The standard InChI is InChI=1S/C26H21BrN2O5/c1-15(30)28-18-11-13-19(14-12-18)29-23(20-5-3-4-6-21(20)34-2)22(25(32)26(29)33)24(31)16-7-9-17(27)10-8-16/h3-14,23,31H,1-2H3,(H,28,30)/b24-22-. The van der Waals surface area contributed by atoms with Crippen LogP contribution in [0, 0.1) is 0 Å². The summed E-state index contributed by atoms with van der Waals surface area (Å²) in [4.78, 5) is 39.2. The molecule has 8 heteroatoms. The first-order valence-electron chi connectivity index (χ1n) is 10.4. The number of benzene rings is 3. The van der Waals surface area contributed by atoms with Gasteiger partial charge in [0.1, 0.15) is 11.5 Å². The van der Waals surface area contributed by atoms with Crippen LogP contribution in [-0.2, 0) is 14.4 Å². The van der Waals surface area contributed by atoms with Crippen molar-refractivity contribution in [2.75, 3.05) is 17.3 Å². The van der Waals surface area contributed by atoms with Crippen molar-refractivity contribution in [3.63, 3.8) is 0 Å². The zero-order valence-corrected chi connectivity index (χ0v) is 20.0. The lowest BCUT2D eigenvalue weighted by Gasteiger charge is -2.26. The largest absolute Gasteiger partial charge is 0.507 e. The molecule has 1 saturated heterocycles. The van der Waals surface area contributed by atoms with Gasteiger partial charge in [0, 0.05) is 33.9 Å². The molecule has 0 radical (unpaired) electrons. The van der Waals surface area contributed by atoms with Crippen LogP contribution in [0.1, 0.15) is 24.1 Å². The first-order chi connectivity index (χ1) is 16.3. The number of aliphatic hydroxyl groups is 1. The number of ketones is 1. The Morgan fingerprint density at radius 2 is 1.65 bits per heavy atom. The smallest absolute Gasteiger partial charge is 0.300 e. The summed E-state index contributed by atoms with van der Waals surface area (Å²) >= 11 is 3.36. The van der Waals surface area contributed by atoms with E-state index in [2.05, 4.69) is 21.2 Å². The Bertz CT molecular complexity index is 1300. The molecule has 1 atom stereocenters. The van der Waals surface area contributed by atoms with Gasteiger partial charge in [-0.25, -0.2) is 0 Å². The summed E-state index contributed by atoms with van der Waals surface area (Å²) in [5.74, 6) is -1.61. The quantitative estimate of drug-likeness (QED) is 0.279. The molecule has 2 amide bonds. The lowest BCUT2D eigenvalue weighted by molar-refractivity contribution is -0.132. The molecule has 0 aliphatic carbocycles. The fourth-order valence-corrected chi connectivity index (χ4v) is 4.22. The van der Waals surface area contributed by atoms with Crippen molar-refractivity contribution < 1.29 is 24.2 Å². The van der Waals surface area contributed by atoms with Gasteiger partial charge in [0.05, 0.1) is 18.7 Å². The monoisotopic (exact) mass is 520 g/mol. The molecule has 0 bridgehead atoms. The predicted molar refractivity (Wildman–Crippen MR) is 133 cm³/mol. The van der Waals surface area contributed by atoms with E-state index in [0.717, 1.165) is 4.47 Å². The molecule has 1 aliphatic rings. The Morgan fingerprint density at radius 1 is 1.00 bits per heavy atom. The summed E-state index contributed by atoms with van der Waals surface area (Å²) in [6, 6.07) is 19.5. The molecule has 172 valence electrons. The maximum Gasteiger partial charge on any atom is 0.300 e. The minimum atomic E-state index is -0.925. The highest BCUT2D eigenvalue weighted by Crippen LogP contribution is 2.45. The number of nitrogens with zero attached hydrogens (tertiary/aromatic N) is 1. The molecule has 34 heavy (non-hydrogen) atoms. The molecule has 1 fully saturated rings. The van der Waals surface area contributed by atoms with Gasteiger partial charge in [0.15, 0.2) is 0 Å². The third-order valence-corrected chi connectivity index (χ3v) is 5.99. The van der Waals surface area contributed by atoms with E-state index in [4.69, 9.17) is 4.74 Å². The Labute approximate surface area is 204 Å². The number of amides is 2. The Hall–Kier alpha value is -3.91. The maximum atomic E-state index is 13.3. The van der Waals surface area contributed by atoms with Gasteiger partial charge in [-0.1, -0.05) is 46.3 Å². The zero-order valence-electron chi connectivity index (χ0n) is 18.4. The topological polar surface area (TPSA) is 95.9 Å². The van der Waals surface area contributed by atoms with Crippen LogP contribution in [0.5, 0.6) is 5.75 Å². The van der Waals surface area contributed by atoms with Gasteiger partial charge in [-0.05, 0) is 42.5 Å². The van der Waals surface area contributed by atoms with Gasteiger partial charge in [-0.2, -0.15) is 0 Å². The number of carbonyl (C=O) groups is 3. The Balaban J connectivity index is 1.91. The first kappa shape index (κ1) is 23.3. The lowest BCUT2D eigenvalue weighted by atomic mass is 9.94. The fourth-order valence-electron chi connectivity index (χ4n) is 3.96. The minimum absolute atomic E-state index is 0.0391. The van der Waals surface area contributed by atoms with Gasteiger partial charge >= 0.3 is 0 Å². The van der Waals surface area contributed by atoms with Crippen molar-refractivity contribution in [2.45, 2.75) is 13.0 Å². The highest BCUT2D eigenvalue weighted by atomic mass is 79.9. The second kappa shape index (κ2) is 9.52. The number of rotatable bonds is 5. The summed E-state index contributed by atoms with van der Waals surface area (Å²) in [6.07, 6.45) is 0. The second-order valence-electron chi connectivity index (χ2n) is 7.65. The highest BCUT2D eigenvalue weighted by molar-refractivity contribution is 9.10. The molecular weight excluding hydrogens is 500 g/mol. The molecule has 3 aromatic carbocycles. The van der Waals surface area contributed by atoms with Gasteiger partial charge in [0.2, 0.25) is 5.91 Å². The van der Waals surface area contributed by atoms with Crippen LogP contribution in [0.4, 0.5) is 11.4 Å². The summed E-state index contributed by atoms with van der Waals surface area (Å²) in [5, 5.41) is 13.9. The molecule has 7 nitrogen and oxygen atoms in total. The predicted octanol–water partition coefficient (Wildman–Crippen LogP) is 5.04. The van der Waals surface area contributed by atoms with E-state index in [-0.39, 0.29) is 17.2 Å². The van der Waals surface area contributed by atoms with E-state index in [1.165, 1.54) is 18.9 Å². The third kappa shape index (κ3) is 4.32. The normalized spacial score (nSPS) is 17.0. The number of ether oxygens (including phenoxy) is 1. The SMILES string of the molecule is COc1ccccc1C1/C(=C(/O)c2ccc(Br)cc2)C(=O)C(=O)N1c1ccc(NC(C)=O)cc1. The van der Waals surface area contributed by atoms with E-state index in [9.17, 15) is 19.5 Å². The van der Waals surface area contributed by atoms with Crippen LogP contribution in [0.2, 0.25) is 0 Å². The Kier molecular flexibility index (Phi) is 6.51. The number of halogens is 1. The molecular formula is C26H21BrN2O5. The van der Waals surface area contributed by atoms with E-state index >= 15 is 0 Å². The van der Waals surface area contributed by atoms with Crippen molar-refractivity contribution >= 4 is 50.7 Å². The highest BCUT2D eigenvalue weighted by Gasteiger charge is 2.47. The molecule has 3 aromatic rings. The first-order valence-corrected chi connectivity index (χ1v) is 11.2. The summed E-state index contributed by atoms with van der Waals surface area (Å²) < 4.78 is 6.33. The number of Topliss-reactive ketones (excluding diaryl/α,β-unsaturated/α-hetero) is 1. The van der Waals surface area contributed by atoms with Crippen LogP contribution in [0.3, 0.4) is 0 Å². The summed E-state index contributed by atoms with van der Waals surface area (Å²) in [5.41, 5.74) is 1.90. The minimum Gasteiger partial charge on any atom is -0.507 e. The molecule has 2 N–H and O–H groups in total. The summed E-state index contributed by atoms with van der Waals surface area (Å²) in [6.45, 7) is 1.40. The molecule has 1 heterocycles. The van der Waals surface area contributed by atoms with Crippen LogP contribution < -0.4 is 15.0 Å². The van der Waals surface area contributed by atoms with Crippen LogP contribution in [0.15, 0.2) is 82.8 Å². The average molecular weight is 521 g/mol. The second-order valence-corrected chi connectivity index (χ2v) is 8.56.